The maximum atomic E-state index is 15.4. The molecule has 13 atom stereocenters. The van der Waals surface area contributed by atoms with Gasteiger partial charge in [0.1, 0.15) is 41.4 Å². The van der Waals surface area contributed by atoms with Crippen molar-refractivity contribution in [3.8, 4) is 0 Å². The van der Waals surface area contributed by atoms with Gasteiger partial charge in [0.25, 0.3) is 5.17 Å². The second kappa shape index (κ2) is 18.7. The minimum Gasteiger partial charge on any atom is -0.459 e. The highest BCUT2D eigenvalue weighted by Crippen LogP contribution is 2.40. The molecule has 0 aliphatic carbocycles. The van der Waals surface area contributed by atoms with E-state index in [1.54, 1.807) is 33.8 Å². The van der Waals surface area contributed by atoms with Crippen molar-refractivity contribution in [2.75, 3.05) is 20.6 Å². The summed E-state index contributed by atoms with van der Waals surface area (Å²) in [7, 11) is 3.62. The topological polar surface area (TPSA) is 175 Å². The summed E-state index contributed by atoms with van der Waals surface area (Å²) in [5.41, 5.74) is -1.88. The number of fused-ring (bicyclic) bond motifs is 2. The molecule has 0 spiro atoms. The zero-order valence-electron chi connectivity index (χ0n) is 35.5. The van der Waals surface area contributed by atoms with E-state index in [-0.39, 0.29) is 23.5 Å². The van der Waals surface area contributed by atoms with E-state index >= 15 is 4.39 Å². The number of aliphatic hydroxyl groups excluding tert-OH is 1. The highest BCUT2D eigenvalue weighted by Gasteiger charge is 2.57. The summed E-state index contributed by atoms with van der Waals surface area (Å²) >= 11 is 5.40. The van der Waals surface area contributed by atoms with Crippen LogP contribution in [0.4, 0.5) is 9.18 Å². The van der Waals surface area contributed by atoms with E-state index < -0.39 is 102 Å². The number of para-hydroxylation sites is 1. The van der Waals surface area contributed by atoms with Gasteiger partial charge in [-0.1, -0.05) is 45.9 Å². The zero-order valence-corrected chi connectivity index (χ0v) is 36.3. The molecule has 59 heavy (non-hydrogen) atoms. The number of aliphatic hydroxyl groups is 1. The first-order valence-corrected chi connectivity index (χ1v) is 20.7. The Morgan fingerprint density at radius 1 is 1.12 bits per heavy atom. The monoisotopic (exact) mass is 842 g/mol. The summed E-state index contributed by atoms with van der Waals surface area (Å²) in [6.07, 6.45) is -2.93. The smallest absolute Gasteiger partial charge is 0.408 e. The van der Waals surface area contributed by atoms with Gasteiger partial charge in [-0.2, -0.15) is 0 Å². The van der Waals surface area contributed by atoms with E-state index in [0.29, 0.717) is 18.4 Å². The normalized spacial score (nSPS) is 36.3. The van der Waals surface area contributed by atoms with Crippen LogP contribution in [0.5, 0.6) is 0 Å². The number of hydrogen-bond acceptors (Lipinski definition) is 13. The number of hydrogen-bond donors (Lipinski definition) is 3. The number of carbonyl (C=O) groups is 4. The van der Waals surface area contributed by atoms with Crippen LogP contribution < -0.4 is 10.6 Å². The average Bonchev–Trinajstić information content (AvgIpc) is 3.50. The zero-order chi connectivity index (χ0) is 43.6. The van der Waals surface area contributed by atoms with E-state index in [0.717, 1.165) is 10.9 Å². The molecule has 324 valence electrons. The summed E-state index contributed by atoms with van der Waals surface area (Å²) < 4.78 is 46.3. The number of cyclic esters (lactones) is 1. The van der Waals surface area contributed by atoms with E-state index in [1.165, 1.54) is 33.0 Å². The standard InChI is InChI=1S/C43H59FN4O10S/c1-11-32-43(8)36(47-41(59)58-43)24(4)33(49)22(2)19-42(7,57-40(53)46-21-29(44)18-27-17-28-14-12-13-15-30(28)45-20-27)37(25(5)34(50)26(6)38(52)55-32)56-39-35(51)31(48(9)10)16-23(3)54-39/h12-15,17-18,20,22-26,31-32,35-37,39,51H,11,16,19,21H2,1-10H3,(H,46,53)(H,47,59)/b29-18-/t22-,23-,24+,25+,26-,31+,32-,35-,36-,37?,39+,42-,43-/m1/s1. The van der Waals surface area contributed by atoms with Crippen LogP contribution in [0.1, 0.15) is 80.2 Å². The number of carbonyl (C=O) groups excluding carboxylic acids is 4. The fourth-order valence-corrected chi connectivity index (χ4v) is 9.20. The molecule has 4 heterocycles. The Morgan fingerprint density at radius 2 is 1.81 bits per heavy atom. The van der Waals surface area contributed by atoms with E-state index in [2.05, 4.69) is 15.6 Å². The quantitative estimate of drug-likeness (QED) is 0.178. The summed E-state index contributed by atoms with van der Waals surface area (Å²) in [6.45, 7) is 12.6. The number of benzene rings is 1. The van der Waals surface area contributed by atoms with Crippen molar-refractivity contribution < 1.29 is 52.4 Å². The van der Waals surface area contributed by atoms with Crippen molar-refractivity contribution in [3.63, 3.8) is 0 Å². The Balaban J connectivity index is 1.53. The summed E-state index contributed by atoms with van der Waals surface area (Å²) in [4.78, 5) is 62.8. The minimum atomic E-state index is -1.83. The lowest BCUT2D eigenvalue weighted by Gasteiger charge is -2.47. The molecule has 2 aromatic rings. The van der Waals surface area contributed by atoms with Gasteiger partial charge < -0.3 is 44.3 Å². The number of esters is 1. The lowest BCUT2D eigenvalue weighted by Crippen LogP contribution is -2.60. The number of ketones is 2. The van der Waals surface area contributed by atoms with Gasteiger partial charge >= 0.3 is 12.1 Å². The fraction of sp³-hybridized carbons (Fsp3) is 0.628. The molecule has 14 nitrogen and oxygen atoms in total. The molecular weight excluding hydrogens is 784 g/mol. The Hall–Kier alpha value is -4.09. The Kier molecular flexibility index (Phi) is 14.6. The molecule has 1 aromatic heterocycles. The molecule has 3 N–H and O–H groups in total. The predicted molar refractivity (Wildman–Crippen MR) is 221 cm³/mol. The average molecular weight is 843 g/mol. The maximum absolute atomic E-state index is 15.4. The third kappa shape index (κ3) is 10.1. The molecule has 1 amide bonds. The molecule has 0 bridgehead atoms. The first kappa shape index (κ1) is 46.0. The molecule has 0 saturated carbocycles. The van der Waals surface area contributed by atoms with Crippen molar-refractivity contribution in [2.24, 2.45) is 23.7 Å². The number of amides is 1. The number of thiocarbonyl (C=S) groups is 1. The van der Waals surface area contributed by atoms with Crippen LogP contribution in [0, 0.1) is 23.7 Å². The predicted octanol–water partition coefficient (Wildman–Crippen LogP) is 5.28. The SMILES string of the molecule is CC[C@H]1OC(=O)[C@H](C)C(=O)[C@H](C)C(O[C@@H]2O[C@H](C)C[C@H](N(C)C)[C@H]2O)[C@](C)(OC(=O)NC/C(F)=C/c2cnc3ccccc3c2)C[C@@H](C)C(=O)[C@H](C)[C@H]2NC(=S)O[C@@]21C. The van der Waals surface area contributed by atoms with Gasteiger partial charge in [0.15, 0.2) is 17.7 Å². The molecule has 3 fully saturated rings. The van der Waals surface area contributed by atoms with E-state index in [9.17, 15) is 24.3 Å². The largest absolute Gasteiger partial charge is 0.459 e. The highest BCUT2D eigenvalue weighted by atomic mass is 32.1. The highest BCUT2D eigenvalue weighted by molar-refractivity contribution is 7.80. The second-order valence-electron chi connectivity index (χ2n) is 17.0. The number of halogens is 1. The first-order valence-electron chi connectivity index (χ1n) is 20.3. The van der Waals surface area contributed by atoms with Crippen molar-refractivity contribution in [2.45, 2.75) is 129 Å². The summed E-state index contributed by atoms with van der Waals surface area (Å²) in [6, 6.07) is 8.02. The number of nitrogens with zero attached hydrogens (tertiary/aromatic N) is 2. The lowest BCUT2D eigenvalue weighted by molar-refractivity contribution is -0.292. The number of aromatic nitrogens is 1. The van der Waals surface area contributed by atoms with Gasteiger partial charge in [-0.05, 0) is 97.0 Å². The number of Topliss-reactive ketones (excluding diaryl/α,β-unsaturated/α-hetero) is 2. The lowest BCUT2D eigenvalue weighted by atomic mass is 9.73. The first-order chi connectivity index (χ1) is 27.7. The van der Waals surface area contributed by atoms with Crippen LogP contribution in [0.2, 0.25) is 0 Å². The van der Waals surface area contributed by atoms with Gasteiger partial charge in [0, 0.05) is 35.4 Å². The Morgan fingerprint density at radius 3 is 2.49 bits per heavy atom. The van der Waals surface area contributed by atoms with Crippen LogP contribution in [-0.2, 0) is 38.1 Å². The molecule has 3 aliphatic rings. The number of rotatable bonds is 8. The van der Waals surface area contributed by atoms with Crippen molar-refractivity contribution in [1.82, 2.24) is 20.5 Å². The van der Waals surface area contributed by atoms with Crippen molar-refractivity contribution >= 4 is 58.0 Å². The van der Waals surface area contributed by atoms with E-state index in [4.69, 9.17) is 35.9 Å². The molecule has 16 heteroatoms. The van der Waals surface area contributed by atoms with Crippen LogP contribution in [0.25, 0.3) is 17.0 Å². The van der Waals surface area contributed by atoms with Crippen molar-refractivity contribution in [3.05, 3.63) is 47.9 Å². The minimum absolute atomic E-state index is 0.0362. The van der Waals surface area contributed by atoms with Gasteiger partial charge in [-0.15, -0.1) is 0 Å². The van der Waals surface area contributed by atoms with Gasteiger partial charge in [0.2, 0.25) is 0 Å². The van der Waals surface area contributed by atoms with Gasteiger partial charge in [-0.25, -0.2) is 9.18 Å². The number of pyridine rings is 1. The summed E-state index contributed by atoms with van der Waals surface area (Å²) in [5.74, 6) is -6.57. The van der Waals surface area contributed by atoms with Gasteiger partial charge in [0.05, 0.1) is 24.2 Å². The fourth-order valence-electron chi connectivity index (χ4n) is 8.89. The molecule has 1 aromatic carbocycles. The molecule has 3 aliphatic heterocycles. The Bertz CT molecular complexity index is 1930. The molecule has 0 radical (unpaired) electrons. The van der Waals surface area contributed by atoms with Crippen LogP contribution in [0.15, 0.2) is 42.4 Å². The Labute approximate surface area is 350 Å². The maximum Gasteiger partial charge on any atom is 0.408 e. The molecule has 3 saturated heterocycles. The van der Waals surface area contributed by atoms with Crippen molar-refractivity contribution in [1.29, 1.82) is 0 Å². The molecule has 1 unspecified atom stereocenters. The number of alkyl carbamates (subject to hydrolysis) is 1. The van der Waals surface area contributed by atoms with Crippen LogP contribution in [-0.4, -0.2) is 118 Å². The van der Waals surface area contributed by atoms with E-state index in [1.807, 2.05) is 50.2 Å². The number of ether oxygens (including phenoxy) is 5. The third-order valence-electron chi connectivity index (χ3n) is 12.1. The molecular formula is C43H59FN4O10S. The summed E-state index contributed by atoms with van der Waals surface area (Å²) in [5, 5.41) is 18.0. The third-order valence-corrected chi connectivity index (χ3v) is 12.3. The number of nitrogens with one attached hydrogen (secondary N) is 2. The second-order valence-corrected chi connectivity index (χ2v) is 17.3. The molecule has 5 rings (SSSR count). The number of likely N-dealkylation sites (N-methyl/N-ethyl adjacent to an activating group) is 1. The van der Waals surface area contributed by atoms with Crippen LogP contribution >= 0.6 is 12.2 Å². The van der Waals surface area contributed by atoms with Crippen LogP contribution in [0.3, 0.4) is 0 Å². The van der Waals surface area contributed by atoms with Gasteiger partial charge in [-0.3, -0.25) is 19.4 Å².